The molecule has 1 aromatic heterocycles. The zero-order valence-corrected chi connectivity index (χ0v) is 16.3. The summed E-state index contributed by atoms with van der Waals surface area (Å²) in [5.41, 5.74) is 5.79. The monoisotopic (exact) mass is 386 g/mol. The Morgan fingerprint density at radius 2 is 1.93 bits per heavy atom. The van der Waals surface area contributed by atoms with E-state index in [2.05, 4.69) is 0 Å². The fourth-order valence-electron chi connectivity index (χ4n) is 3.49. The smallest absolute Gasteiger partial charge is 0.332 e. The van der Waals surface area contributed by atoms with Gasteiger partial charge in [-0.1, -0.05) is 30.3 Å². The molecule has 1 saturated heterocycles. The minimum Gasteiger partial charge on any atom is -0.384 e. The third-order valence-electron chi connectivity index (χ3n) is 4.94. The van der Waals surface area contributed by atoms with Gasteiger partial charge in [0.2, 0.25) is 0 Å². The highest BCUT2D eigenvalue weighted by molar-refractivity contribution is 6.01. The highest BCUT2D eigenvalue weighted by Crippen LogP contribution is 2.12. The van der Waals surface area contributed by atoms with Crippen molar-refractivity contribution in [2.75, 3.05) is 32.0 Å². The van der Waals surface area contributed by atoms with Crippen LogP contribution in [0.15, 0.2) is 39.9 Å². The molecular formula is C20H26N4O4. The number of ether oxygens (including phenoxy) is 1. The number of benzene rings is 1. The zero-order chi connectivity index (χ0) is 20.3. The molecule has 1 atom stereocenters. The van der Waals surface area contributed by atoms with Gasteiger partial charge in [-0.15, -0.1) is 0 Å². The number of morpholine rings is 1. The molecule has 1 aliphatic rings. The third kappa shape index (κ3) is 4.07. The number of hydrogen-bond acceptors (Lipinski definition) is 6. The number of hydrogen-bond donors (Lipinski definition) is 1. The fraction of sp³-hybridized carbons (Fsp3) is 0.450. The maximum atomic E-state index is 13.0. The third-order valence-corrected chi connectivity index (χ3v) is 4.94. The second-order valence-corrected chi connectivity index (χ2v) is 7.00. The summed E-state index contributed by atoms with van der Waals surface area (Å²) >= 11 is 0. The average Bonchev–Trinajstić information content (AvgIpc) is 2.66. The van der Waals surface area contributed by atoms with Gasteiger partial charge in [0.1, 0.15) is 11.4 Å². The lowest BCUT2D eigenvalue weighted by Crippen LogP contribution is -2.47. The quantitative estimate of drug-likeness (QED) is 0.729. The molecule has 2 N–H and O–H groups in total. The number of rotatable bonds is 6. The Morgan fingerprint density at radius 3 is 2.57 bits per heavy atom. The van der Waals surface area contributed by atoms with E-state index in [1.807, 2.05) is 42.2 Å². The van der Waals surface area contributed by atoms with Crippen molar-refractivity contribution in [3.63, 3.8) is 0 Å². The molecule has 1 aliphatic heterocycles. The fourth-order valence-corrected chi connectivity index (χ4v) is 3.49. The second kappa shape index (κ2) is 8.53. The molecule has 8 heteroatoms. The summed E-state index contributed by atoms with van der Waals surface area (Å²) in [5.74, 6) is -0.449. The number of anilines is 1. The molecule has 0 saturated carbocycles. The van der Waals surface area contributed by atoms with E-state index in [4.69, 9.17) is 10.5 Å². The van der Waals surface area contributed by atoms with Gasteiger partial charge in [0, 0.05) is 19.6 Å². The Labute approximate surface area is 163 Å². The predicted molar refractivity (Wildman–Crippen MR) is 107 cm³/mol. The molecule has 0 radical (unpaired) electrons. The number of aromatic nitrogens is 2. The predicted octanol–water partition coefficient (Wildman–Crippen LogP) is 0.564. The molecule has 2 aromatic rings. The zero-order valence-electron chi connectivity index (χ0n) is 16.3. The van der Waals surface area contributed by atoms with Crippen molar-refractivity contribution < 1.29 is 9.53 Å². The van der Waals surface area contributed by atoms with Crippen molar-refractivity contribution in [3.8, 4) is 0 Å². The molecular weight excluding hydrogens is 360 g/mol. The van der Waals surface area contributed by atoms with Gasteiger partial charge in [0.25, 0.3) is 5.56 Å². The number of nitrogens with two attached hydrogens (primary N) is 1. The van der Waals surface area contributed by atoms with Crippen LogP contribution in [0.5, 0.6) is 0 Å². The first kappa shape index (κ1) is 20.0. The number of carbonyl (C=O) groups excluding carboxylic acids is 1. The minimum absolute atomic E-state index is 0.0261. The number of nitrogens with zero attached hydrogens (tertiary/aromatic N) is 3. The molecule has 2 heterocycles. The molecule has 0 amide bonds. The van der Waals surface area contributed by atoms with Gasteiger partial charge in [-0.25, -0.2) is 4.79 Å². The first-order valence-electron chi connectivity index (χ1n) is 9.46. The van der Waals surface area contributed by atoms with Gasteiger partial charge in [-0.3, -0.25) is 23.6 Å². The Balaban J connectivity index is 2.00. The largest absolute Gasteiger partial charge is 0.384 e. The molecule has 150 valence electrons. The molecule has 28 heavy (non-hydrogen) atoms. The van der Waals surface area contributed by atoms with Crippen LogP contribution in [0, 0.1) is 0 Å². The summed E-state index contributed by atoms with van der Waals surface area (Å²) in [6.07, 6.45) is 0.0261. The van der Waals surface area contributed by atoms with E-state index in [0.717, 1.165) is 10.1 Å². The molecule has 0 bridgehead atoms. The van der Waals surface area contributed by atoms with Crippen molar-refractivity contribution in [1.82, 2.24) is 14.0 Å². The first-order chi connectivity index (χ1) is 13.4. The number of ketones is 1. The van der Waals surface area contributed by atoms with Crippen molar-refractivity contribution >= 4 is 11.6 Å². The van der Waals surface area contributed by atoms with E-state index in [9.17, 15) is 14.4 Å². The summed E-state index contributed by atoms with van der Waals surface area (Å²) in [6, 6.07) is 9.32. The standard InChI is InChI=1S/C20H26N4O4/c1-3-23-19(26)17(16(25)13-22-9-10-28-14(2)11-22)18(21)24(20(23)27)12-15-7-5-4-6-8-15/h4-8,14H,3,9-13,21H2,1-2H3. The Hall–Kier alpha value is -2.71. The summed E-state index contributed by atoms with van der Waals surface area (Å²) in [4.78, 5) is 40.5. The van der Waals surface area contributed by atoms with Crippen LogP contribution in [0.1, 0.15) is 29.8 Å². The van der Waals surface area contributed by atoms with E-state index in [1.54, 1.807) is 6.92 Å². The minimum atomic E-state index is -0.624. The summed E-state index contributed by atoms with van der Waals surface area (Å²) in [7, 11) is 0. The van der Waals surface area contributed by atoms with Crippen LogP contribution in [0.25, 0.3) is 0 Å². The summed E-state index contributed by atoms with van der Waals surface area (Å²) < 4.78 is 7.86. The molecule has 3 rings (SSSR count). The van der Waals surface area contributed by atoms with Gasteiger partial charge in [0.15, 0.2) is 5.78 Å². The highest BCUT2D eigenvalue weighted by Gasteiger charge is 2.26. The summed E-state index contributed by atoms with van der Waals surface area (Å²) in [6.45, 7) is 5.83. The lowest BCUT2D eigenvalue weighted by molar-refractivity contribution is -0.0158. The van der Waals surface area contributed by atoms with Crippen LogP contribution >= 0.6 is 0 Å². The van der Waals surface area contributed by atoms with E-state index < -0.39 is 11.2 Å². The van der Waals surface area contributed by atoms with Crippen LogP contribution in [0.4, 0.5) is 5.82 Å². The van der Waals surface area contributed by atoms with Crippen LogP contribution in [-0.4, -0.2) is 52.2 Å². The molecule has 1 fully saturated rings. The van der Waals surface area contributed by atoms with E-state index in [-0.39, 0.29) is 42.9 Å². The van der Waals surface area contributed by atoms with Crippen molar-refractivity contribution in [1.29, 1.82) is 0 Å². The summed E-state index contributed by atoms with van der Waals surface area (Å²) in [5, 5.41) is 0. The number of carbonyl (C=O) groups is 1. The van der Waals surface area contributed by atoms with Gasteiger partial charge < -0.3 is 10.5 Å². The molecule has 8 nitrogen and oxygen atoms in total. The second-order valence-electron chi connectivity index (χ2n) is 7.00. The lowest BCUT2D eigenvalue weighted by Gasteiger charge is -2.30. The van der Waals surface area contributed by atoms with Crippen LogP contribution in [-0.2, 0) is 17.8 Å². The Kier molecular flexibility index (Phi) is 6.11. The van der Waals surface area contributed by atoms with Crippen molar-refractivity contribution in [2.45, 2.75) is 33.0 Å². The van der Waals surface area contributed by atoms with E-state index >= 15 is 0 Å². The van der Waals surface area contributed by atoms with E-state index in [1.165, 1.54) is 4.57 Å². The first-order valence-corrected chi connectivity index (χ1v) is 9.46. The van der Waals surface area contributed by atoms with Gasteiger partial charge >= 0.3 is 5.69 Å². The number of Topliss-reactive ketones (excluding diaryl/α,β-unsaturated/α-hetero) is 1. The van der Waals surface area contributed by atoms with Gasteiger partial charge in [-0.05, 0) is 19.4 Å². The molecule has 1 unspecified atom stereocenters. The number of nitrogen functional groups attached to an aromatic ring is 1. The van der Waals surface area contributed by atoms with Crippen LogP contribution in [0.2, 0.25) is 0 Å². The van der Waals surface area contributed by atoms with Crippen LogP contribution in [0.3, 0.4) is 0 Å². The van der Waals surface area contributed by atoms with Crippen molar-refractivity contribution in [2.24, 2.45) is 0 Å². The van der Waals surface area contributed by atoms with Crippen LogP contribution < -0.4 is 17.0 Å². The highest BCUT2D eigenvalue weighted by atomic mass is 16.5. The Morgan fingerprint density at radius 1 is 1.21 bits per heavy atom. The normalized spacial score (nSPS) is 17.6. The van der Waals surface area contributed by atoms with Gasteiger partial charge in [-0.2, -0.15) is 0 Å². The van der Waals surface area contributed by atoms with Gasteiger partial charge in [0.05, 0.1) is 25.8 Å². The maximum absolute atomic E-state index is 13.0. The SMILES string of the molecule is CCn1c(=O)c(C(=O)CN2CCOC(C)C2)c(N)n(Cc2ccccc2)c1=O. The molecule has 1 aromatic carbocycles. The topological polar surface area (TPSA) is 99.6 Å². The average molecular weight is 386 g/mol. The Bertz CT molecular complexity index is 965. The maximum Gasteiger partial charge on any atom is 0.332 e. The molecule has 0 spiro atoms. The molecule has 0 aliphatic carbocycles. The lowest BCUT2D eigenvalue weighted by atomic mass is 10.1. The van der Waals surface area contributed by atoms with Crippen molar-refractivity contribution in [3.05, 3.63) is 62.3 Å². The van der Waals surface area contributed by atoms with E-state index in [0.29, 0.717) is 19.7 Å².